The van der Waals surface area contributed by atoms with Gasteiger partial charge in [-0.25, -0.2) is 8.42 Å². The molecule has 4 N–H and O–H groups in total. The van der Waals surface area contributed by atoms with Gasteiger partial charge in [0, 0.05) is 11.8 Å². The van der Waals surface area contributed by atoms with Gasteiger partial charge in [-0.1, -0.05) is 13.3 Å². The summed E-state index contributed by atoms with van der Waals surface area (Å²) in [6, 6.07) is 4.10. The lowest BCUT2D eigenvalue weighted by Gasteiger charge is -2.14. The summed E-state index contributed by atoms with van der Waals surface area (Å²) < 4.78 is 30.8. The van der Waals surface area contributed by atoms with Crippen LogP contribution in [0, 0.1) is 0 Å². The van der Waals surface area contributed by atoms with Crippen molar-refractivity contribution in [3.05, 3.63) is 18.2 Å². The van der Waals surface area contributed by atoms with Crippen LogP contribution in [0.5, 0.6) is 5.75 Å². The normalized spacial score (nSPS) is 12.0. The molecule has 0 aliphatic carbocycles. The number of nitrogens with two attached hydrogens (primary N) is 1. The molecule has 1 unspecified atom stereocenters. The lowest BCUT2D eigenvalue weighted by atomic mass is 10.1. The van der Waals surface area contributed by atoms with Crippen molar-refractivity contribution in [2.75, 3.05) is 22.9 Å². The quantitative estimate of drug-likeness (QED) is 0.652. The molecule has 9 heteroatoms. The van der Waals surface area contributed by atoms with Crippen LogP contribution in [0.25, 0.3) is 0 Å². The van der Waals surface area contributed by atoms with Crippen LogP contribution in [0.1, 0.15) is 26.7 Å². The summed E-state index contributed by atoms with van der Waals surface area (Å²) in [5.74, 6) is -0.00905. The van der Waals surface area contributed by atoms with Crippen LogP contribution in [-0.2, 0) is 14.8 Å². The molecule has 23 heavy (non-hydrogen) atoms. The number of amides is 1. The number of carbonyl (C=O) groups is 1. The van der Waals surface area contributed by atoms with Crippen molar-refractivity contribution < 1.29 is 17.9 Å². The summed E-state index contributed by atoms with van der Waals surface area (Å²) in [5.41, 5.74) is 6.56. The third-order valence-electron chi connectivity index (χ3n) is 3.05. The second kappa shape index (κ2) is 9.59. The van der Waals surface area contributed by atoms with E-state index in [1.165, 1.54) is 13.2 Å². The van der Waals surface area contributed by atoms with Gasteiger partial charge in [0.15, 0.2) is 0 Å². The van der Waals surface area contributed by atoms with Gasteiger partial charge < -0.3 is 15.8 Å². The molecule has 0 heterocycles. The Morgan fingerprint density at radius 2 is 2.00 bits per heavy atom. The Kier molecular flexibility index (Phi) is 8.96. The predicted molar refractivity (Wildman–Crippen MR) is 94.8 cm³/mol. The summed E-state index contributed by atoms with van der Waals surface area (Å²) in [4.78, 5) is 11.9. The fraction of sp³-hybridized carbons (Fsp3) is 0.500. The first-order chi connectivity index (χ1) is 10.3. The minimum atomic E-state index is -3.40. The topological polar surface area (TPSA) is 111 Å². The van der Waals surface area contributed by atoms with Gasteiger partial charge in [0.2, 0.25) is 15.9 Å². The molecule has 1 rings (SSSR count). The number of hydrogen-bond donors (Lipinski definition) is 3. The minimum Gasteiger partial charge on any atom is -0.494 e. The Morgan fingerprint density at radius 1 is 1.35 bits per heavy atom. The second-order valence-corrected chi connectivity index (χ2v) is 6.82. The smallest absolute Gasteiger partial charge is 0.241 e. The van der Waals surface area contributed by atoms with Crippen LogP contribution < -0.4 is 20.5 Å². The molecule has 132 valence electrons. The molecule has 0 radical (unpaired) electrons. The van der Waals surface area contributed by atoms with Crippen LogP contribution in [0.4, 0.5) is 11.4 Å². The zero-order valence-electron chi connectivity index (χ0n) is 13.5. The average molecular weight is 366 g/mol. The van der Waals surface area contributed by atoms with Crippen molar-refractivity contribution in [1.29, 1.82) is 0 Å². The summed E-state index contributed by atoms with van der Waals surface area (Å²) in [7, 11) is -1.98. The van der Waals surface area contributed by atoms with Crippen LogP contribution in [0.3, 0.4) is 0 Å². The van der Waals surface area contributed by atoms with E-state index in [-0.39, 0.29) is 24.1 Å². The van der Waals surface area contributed by atoms with Gasteiger partial charge in [-0.3, -0.25) is 9.52 Å². The van der Waals surface area contributed by atoms with Crippen LogP contribution in [0.2, 0.25) is 0 Å². The van der Waals surface area contributed by atoms with Crippen LogP contribution in [-0.4, -0.2) is 33.2 Å². The van der Waals surface area contributed by atoms with Crippen molar-refractivity contribution in [3.63, 3.8) is 0 Å². The lowest BCUT2D eigenvalue weighted by molar-refractivity contribution is -0.117. The molecule has 1 aromatic carbocycles. The Labute approximate surface area is 143 Å². The zero-order valence-corrected chi connectivity index (χ0v) is 15.1. The fourth-order valence-electron chi connectivity index (χ4n) is 1.77. The van der Waals surface area contributed by atoms with Crippen molar-refractivity contribution in [2.45, 2.75) is 32.7 Å². The SMILES string of the molecule is CCCC(N)C(=O)Nc1ccc(NS(=O)(=O)CC)c(OC)c1.Cl. The molecule has 1 aromatic rings. The predicted octanol–water partition coefficient (Wildman–Crippen LogP) is 1.94. The zero-order chi connectivity index (χ0) is 16.8. The van der Waals surface area contributed by atoms with Gasteiger partial charge in [-0.05, 0) is 25.5 Å². The van der Waals surface area contributed by atoms with E-state index in [1.807, 2.05) is 6.92 Å². The van der Waals surface area contributed by atoms with Gasteiger partial charge in [0.1, 0.15) is 5.75 Å². The molecule has 7 nitrogen and oxygen atoms in total. The maximum atomic E-state index is 11.9. The van der Waals surface area contributed by atoms with E-state index in [1.54, 1.807) is 19.1 Å². The molecule has 0 fully saturated rings. The Bertz CT molecular complexity index is 622. The third-order valence-corrected chi connectivity index (χ3v) is 4.34. The van der Waals surface area contributed by atoms with Gasteiger partial charge in [-0.2, -0.15) is 0 Å². The molecule has 0 spiro atoms. The molecule has 0 saturated heterocycles. The molecule has 1 atom stereocenters. The Balaban J connectivity index is 0.00000484. The van der Waals surface area contributed by atoms with Gasteiger partial charge in [0.05, 0.1) is 24.6 Å². The summed E-state index contributed by atoms with van der Waals surface area (Å²) >= 11 is 0. The highest BCUT2D eigenvalue weighted by Gasteiger charge is 2.15. The number of benzene rings is 1. The van der Waals surface area contributed by atoms with E-state index in [2.05, 4.69) is 10.0 Å². The van der Waals surface area contributed by atoms with E-state index < -0.39 is 16.1 Å². The summed E-state index contributed by atoms with van der Waals surface area (Å²) in [5, 5.41) is 2.68. The Morgan fingerprint density at radius 3 is 2.52 bits per heavy atom. The molecule has 0 saturated carbocycles. The average Bonchev–Trinajstić information content (AvgIpc) is 2.48. The van der Waals surface area contributed by atoms with E-state index in [9.17, 15) is 13.2 Å². The summed E-state index contributed by atoms with van der Waals surface area (Å²) in [6.07, 6.45) is 1.41. The monoisotopic (exact) mass is 365 g/mol. The van der Waals surface area contributed by atoms with Crippen LogP contribution >= 0.6 is 12.4 Å². The summed E-state index contributed by atoms with van der Waals surface area (Å²) in [6.45, 7) is 3.49. The highest BCUT2D eigenvalue weighted by atomic mass is 35.5. The first kappa shape index (κ1) is 21.5. The van der Waals surface area contributed by atoms with Crippen LogP contribution in [0.15, 0.2) is 18.2 Å². The van der Waals surface area contributed by atoms with Crippen molar-refractivity contribution in [2.24, 2.45) is 5.73 Å². The number of ether oxygens (including phenoxy) is 1. The van der Waals surface area contributed by atoms with E-state index in [0.717, 1.165) is 6.42 Å². The molecular formula is C14H24ClN3O4S. The van der Waals surface area contributed by atoms with E-state index >= 15 is 0 Å². The number of methoxy groups -OCH3 is 1. The Hall–Kier alpha value is -1.51. The molecular weight excluding hydrogens is 342 g/mol. The fourth-order valence-corrected chi connectivity index (χ4v) is 2.42. The number of nitrogens with one attached hydrogen (secondary N) is 2. The number of halogens is 1. The number of anilines is 2. The van der Waals surface area contributed by atoms with E-state index in [4.69, 9.17) is 10.5 Å². The van der Waals surface area contributed by atoms with E-state index in [0.29, 0.717) is 23.5 Å². The minimum absolute atomic E-state index is 0. The molecule has 0 bridgehead atoms. The maximum Gasteiger partial charge on any atom is 0.241 e. The second-order valence-electron chi connectivity index (χ2n) is 4.80. The van der Waals surface area contributed by atoms with Gasteiger partial charge in [0.25, 0.3) is 0 Å². The number of sulfonamides is 1. The van der Waals surface area contributed by atoms with Gasteiger partial charge >= 0.3 is 0 Å². The lowest BCUT2D eigenvalue weighted by Crippen LogP contribution is -2.35. The third kappa shape index (κ3) is 6.64. The number of carbonyl (C=O) groups excluding carboxylic acids is 1. The van der Waals surface area contributed by atoms with Crippen molar-refractivity contribution in [1.82, 2.24) is 0 Å². The van der Waals surface area contributed by atoms with Crippen molar-refractivity contribution in [3.8, 4) is 5.75 Å². The molecule has 0 aliphatic rings. The molecule has 1 amide bonds. The number of rotatable bonds is 8. The molecule has 0 aromatic heterocycles. The highest BCUT2D eigenvalue weighted by molar-refractivity contribution is 7.92. The first-order valence-corrected chi connectivity index (χ1v) is 8.73. The molecule has 0 aliphatic heterocycles. The first-order valence-electron chi connectivity index (χ1n) is 7.08. The van der Waals surface area contributed by atoms with Crippen molar-refractivity contribution >= 4 is 39.7 Å². The largest absolute Gasteiger partial charge is 0.494 e. The highest BCUT2D eigenvalue weighted by Crippen LogP contribution is 2.28. The standard InChI is InChI=1S/C14H23N3O4S.ClH/c1-4-6-11(15)14(18)16-10-7-8-12(13(9-10)21-3)17-22(19,20)5-2;/h7-9,11,17H,4-6,15H2,1-3H3,(H,16,18);1H. The maximum absolute atomic E-state index is 11.9. The number of hydrogen-bond acceptors (Lipinski definition) is 5. The van der Waals surface area contributed by atoms with Gasteiger partial charge in [-0.15, -0.1) is 12.4 Å².